The van der Waals surface area contributed by atoms with Gasteiger partial charge in [-0.2, -0.15) is 0 Å². The molecule has 1 aliphatic heterocycles. The highest BCUT2D eigenvalue weighted by atomic mass is 16.5. The summed E-state index contributed by atoms with van der Waals surface area (Å²) in [6.45, 7) is 11.6. The summed E-state index contributed by atoms with van der Waals surface area (Å²) in [5.74, 6) is 0.806. The fourth-order valence-electron chi connectivity index (χ4n) is 2.36. The van der Waals surface area contributed by atoms with Gasteiger partial charge in [0.1, 0.15) is 18.5 Å². The van der Waals surface area contributed by atoms with Crippen molar-refractivity contribution in [2.45, 2.75) is 39.5 Å². The number of nitrogens with one attached hydrogen (secondary N) is 1. The first-order chi connectivity index (χ1) is 10.2. The van der Waals surface area contributed by atoms with Crippen LogP contribution in [0.25, 0.3) is 0 Å². The molecule has 1 aromatic rings. The van der Waals surface area contributed by atoms with E-state index in [-0.39, 0.29) is 6.10 Å². The first-order valence-electron chi connectivity index (χ1n) is 7.83. The normalized spacial score (nSPS) is 19.9. The van der Waals surface area contributed by atoms with Crippen molar-refractivity contribution < 1.29 is 9.47 Å². The third-order valence-corrected chi connectivity index (χ3v) is 3.69. The SMILES string of the molecule is CCNCc1ccc(OCC2CN(C(C)C)CCO2)cn1. The van der Waals surface area contributed by atoms with Crippen LogP contribution in [0.4, 0.5) is 0 Å². The molecule has 0 saturated carbocycles. The van der Waals surface area contributed by atoms with Crippen LogP contribution in [0.2, 0.25) is 0 Å². The third-order valence-electron chi connectivity index (χ3n) is 3.69. The fraction of sp³-hybridized carbons (Fsp3) is 0.688. The van der Waals surface area contributed by atoms with E-state index in [9.17, 15) is 0 Å². The number of hydrogen-bond donors (Lipinski definition) is 1. The minimum Gasteiger partial charge on any atom is -0.489 e. The maximum absolute atomic E-state index is 5.80. The first kappa shape index (κ1) is 16.2. The maximum atomic E-state index is 5.80. The van der Waals surface area contributed by atoms with E-state index in [1.807, 2.05) is 12.1 Å². The Morgan fingerprint density at radius 2 is 2.33 bits per heavy atom. The Hall–Kier alpha value is -1.17. The van der Waals surface area contributed by atoms with Crippen LogP contribution in [-0.2, 0) is 11.3 Å². The number of rotatable bonds is 7. The fourth-order valence-corrected chi connectivity index (χ4v) is 2.36. The van der Waals surface area contributed by atoms with Crippen LogP contribution in [0.5, 0.6) is 5.75 Å². The molecule has 1 N–H and O–H groups in total. The van der Waals surface area contributed by atoms with E-state index in [1.165, 1.54) is 0 Å². The van der Waals surface area contributed by atoms with E-state index >= 15 is 0 Å². The van der Waals surface area contributed by atoms with Gasteiger partial charge in [0, 0.05) is 25.7 Å². The van der Waals surface area contributed by atoms with Gasteiger partial charge in [0.25, 0.3) is 0 Å². The average Bonchev–Trinajstić information content (AvgIpc) is 2.52. The van der Waals surface area contributed by atoms with Crippen LogP contribution in [0.1, 0.15) is 26.5 Å². The van der Waals surface area contributed by atoms with Gasteiger partial charge in [0.05, 0.1) is 18.5 Å². The van der Waals surface area contributed by atoms with Crippen molar-refractivity contribution >= 4 is 0 Å². The Morgan fingerprint density at radius 3 is 3.00 bits per heavy atom. The quantitative estimate of drug-likeness (QED) is 0.829. The summed E-state index contributed by atoms with van der Waals surface area (Å²) in [5, 5.41) is 3.25. The lowest BCUT2D eigenvalue weighted by Gasteiger charge is -2.35. The molecule has 2 rings (SSSR count). The number of nitrogens with zero attached hydrogens (tertiary/aromatic N) is 2. The average molecular weight is 293 g/mol. The molecule has 2 heterocycles. The van der Waals surface area contributed by atoms with Crippen LogP contribution >= 0.6 is 0 Å². The second kappa shape index (κ2) is 8.32. The Kier molecular flexibility index (Phi) is 6.42. The van der Waals surface area contributed by atoms with Crippen LogP contribution in [0.15, 0.2) is 18.3 Å². The zero-order valence-electron chi connectivity index (χ0n) is 13.3. The smallest absolute Gasteiger partial charge is 0.137 e. The lowest BCUT2D eigenvalue weighted by Crippen LogP contribution is -2.47. The van der Waals surface area contributed by atoms with Gasteiger partial charge in [-0.3, -0.25) is 9.88 Å². The molecule has 21 heavy (non-hydrogen) atoms. The lowest BCUT2D eigenvalue weighted by atomic mass is 10.2. The number of aromatic nitrogens is 1. The predicted molar refractivity (Wildman–Crippen MR) is 83.6 cm³/mol. The minimum absolute atomic E-state index is 0.141. The van der Waals surface area contributed by atoms with E-state index in [0.29, 0.717) is 12.6 Å². The van der Waals surface area contributed by atoms with Gasteiger partial charge in [-0.05, 0) is 32.5 Å². The Balaban J connectivity index is 1.77. The predicted octanol–water partition coefficient (Wildman–Crippen LogP) is 1.68. The maximum Gasteiger partial charge on any atom is 0.137 e. The molecule has 118 valence electrons. The standard InChI is InChI=1S/C16H27N3O2/c1-4-17-9-14-5-6-15(10-18-14)21-12-16-11-19(13(2)3)7-8-20-16/h5-6,10,13,16-17H,4,7-9,11-12H2,1-3H3. The Morgan fingerprint density at radius 1 is 1.48 bits per heavy atom. The molecule has 0 amide bonds. The first-order valence-corrected chi connectivity index (χ1v) is 7.83. The van der Waals surface area contributed by atoms with Gasteiger partial charge in [-0.15, -0.1) is 0 Å². The van der Waals surface area contributed by atoms with Crippen molar-refractivity contribution in [3.05, 3.63) is 24.0 Å². The molecule has 5 nitrogen and oxygen atoms in total. The van der Waals surface area contributed by atoms with Crippen LogP contribution in [0, 0.1) is 0 Å². The summed E-state index contributed by atoms with van der Waals surface area (Å²) >= 11 is 0. The van der Waals surface area contributed by atoms with Crippen molar-refractivity contribution in [1.29, 1.82) is 0 Å². The number of pyridine rings is 1. The summed E-state index contributed by atoms with van der Waals surface area (Å²) in [6.07, 6.45) is 1.93. The molecule has 1 unspecified atom stereocenters. The third kappa shape index (κ3) is 5.26. The highest BCUT2D eigenvalue weighted by Crippen LogP contribution is 2.13. The number of ether oxygens (including phenoxy) is 2. The van der Waals surface area contributed by atoms with Gasteiger partial charge in [0.2, 0.25) is 0 Å². The summed E-state index contributed by atoms with van der Waals surface area (Å²) in [6, 6.07) is 4.53. The van der Waals surface area contributed by atoms with Crippen molar-refractivity contribution in [3.8, 4) is 5.75 Å². The van der Waals surface area contributed by atoms with Gasteiger partial charge in [-0.25, -0.2) is 0 Å². The van der Waals surface area contributed by atoms with Gasteiger partial charge < -0.3 is 14.8 Å². The minimum atomic E-state index is 0.141. The van der Waals surface area contributed by atoms with E-state index < -0.39 is 0 Å². The number of hydrogen-bond acceptors (Lipinski definition) is 5. The molecule has 0 radical (unpaired) electrons. The molecule has 0 aliphatic carbocycles. The molecule has 1 atom stereocenters. The van der Waals surface area contributed by atoms with Crippen LogP contribution in [-0.4, -0.2) is 54.9 Å². The van der Waals surface area contributed by atoms with E-state index in [0.717, 1.165) is 44.2 Å². The molecule has 1 fully saturated rings. The summed E-state index contributed by atoms with van der Waals surface area (Å²) in [4.78, 5) is 6.81. The lowest BCUT2D eigenvalue weighted by molar-refractivity contribution is -0.0564. The Labute approximate surface area is 127 Å². The van der Waals surface area contributed by atoms with Crippen molar-refractivity contribution in [3.63, 3.8) is 0 Å². The highest BCUT2D eigenvalue weighted by Gasteiger charge is 2.22. The highest BCUT2D eigenvalue weighted by molar-refractivity contribution is 5.19. The van der Waals surface area contributed by atoms with Crippen molar-refractivity contribution in [2.24, 2.45) is 0 Å². The second-order valence-corrected chi connectivity index (χ2v) is 5.66. The molecule has 0 spiro atoms. The largest absolute Gasteiger partial charge is 0.489 e. The van der Waals surface area contributed by atoms with E-state index in [2.05, 4.69) is 36.0 Å². The molecular formula is C16H27N3O2. The van der Waals surface area contributed by atoms with Crippen LogP contribution in [0.3, 0.4) is 0 Å². The zero-order chi connectivity index (χ0) is 15.1. The summed E-state index contributed by atoms with van der Waals surface area (Å²) < 4.78 is 11.6. The second-order valence-electron chi connectivity index (χ2n) is 5.66. The molecule has 5 heteroatoms. The molecule has 1 aromatic heterocycles. The summed E-state index contributed by atoms with van der Waals surface area (Å²) in [5.41, 5.74) is 1.03. The van der Waals surface area contributed by atoms with Crippen molar-refractivity contribution in [2.75, 3.05) is 32.8 Å². The van der Waals surface area contributed by atoms with Gasteiger partial charge in [-0.1, -0.05) is 6.92 Å². The molecule has 1 aliphatic rings. The Bertz CT molecular complexity index is 408. The monoisotopic (exact) mass is 293 g/mol. The molecule has 1 saturated heterocycles. The molecule has 0 aromatic carbocycles. The van der Waals surface area contributed by atoms with Crippen LogP contribution < -0.4 is 10.1 Å². The molecular weight excluding hydrogens is 266 g/mol. The topological polar surface area (TPSA) is 46.6 Å². The van der Waals surface area contributed by atoms with E-state index in [1.54, 1.807) is 6.20 Å². The molecule has 0 bridgehead atoms. The number of morpholine rings is 1. The summed E-state index contributed by atoms with van der Waals surface area (Å²) in [7, 11) is 0. The van der Waals surface area contributed by atoms with Gasteiger partial charge >= 0.3 is 0 Å². The zero-order valence-corrected chi connectivity index (χ0v) is 13.3. The van der Waals surface area contributed by atoms with Crippen molar-refractivity contribution in [1.82, 2.24) is 15.2 Å². The van der Waals surface area contributed by atoms with E-state index in [4.69, 9.17) is 9.47 Å². The van der Waals surface area contributed by atoms with Gasteiger partial charge in [0.15, 0.2) is 0 Å².